The van der Waals surface area contributed by atoms with Crippen LogP contribution in [-0.2, 0) is 15.5 Å². The monoisotopic (exact) mass is 335 g/mol. The lowest BCUT2D eigenvalue weighted by atomic mass is 10.2. The molecule has 1 atom stereocenters. The van der Waals surface area contributed by atoms with Crippen LogP contribution in [0, 0.1) is 5.82 Å². The molecule has 0 amide bonds. The predicted octanol–water partition coefficient (Wildman–Crippen LogP) is 1.42. The van der Waals surface area contributed by atoms with Crippen molar-refractivity contribution >= 4 is 13.3 Å². The summed E-state index contributed by atoms with van der Waals surface area (Å²) in [7, 11) is -2.20. The standard InChI is InChI=1S/C13H19FNO6P/c1-20-11-6-9(8-22(18,19)4-2-3-15)5-10(14)13(11)21-7-12(16)17/h5-6H,2-4,7-8,15H2,1H3,(H,16,17)(H,18,19). The molecule has 1 aromatic carbocycles. The maximum atomic E-state index is 14.0. The van der Waals surface area contributed by atoms with Gasteiger partial charge in [0.25, 0.3) is 0 Å². The number of methoxy groups -OCH3 is 1. The van der Waals surface area contributed by atoms with Gasteiger partial charge in [-0.05, 0) is 30.7 Å². The maximum Gasteiger partial charge on any atom is 0.341 e. The van der Waals surface area contributed by atoms with Gasteiger partial charge in [-0.25, -0.2) is 9.18 Å². The molecule has 4 N–H and O–H groups in total. The number of hydrogen-bond acceptors (Lipinski definition) is 5. The smallest absolute Gasteiger partial charge is 0.341 e. The highest BCUT2D eigenvalue weighted by molar-refractivity contribution is 7.57. The molecule has 0 spiro atoms. The van der Waals surface area contributed by atoms with Crippen molar-refractivity contribution in [2.45, 2.75) is 12.6 Å². The minimum Gasteiger partial charge on any atom is -0.493 e. The van der Waals surface area contributed by atoms with Gasteiger partial charge in [-0.1, -0.05) is 0 Å². The van der Waals surface area contributed by atoms with E-state index in [0.717, 1.165) is 6.07 Å². The van der Waals surface area contributed by atoms with Gasteiger partial charge in [0.05, 0.1) is 7.11 Å². The Morgan fingerprint density at radius 3 is 2.68 bits per heavy atom. The van der Waals surface area contributed by atoms with Crippen LogP contribution in [0.25, 0.3) is 0 Å². The summed E-state index contributed by atoms with van der Waals surface area (Å²) in [6.07, 6.45) is 0.220. The van der Waals surface area contributed by atoms with E-state index in [-0.39, 0.29) is 29.4 Å². The molecule has 0 aliphatic heterocycles. The summed E-state index contributed by atoms with van der Waals surface area (Å²) in [5.41, 5.74) is 5.56. The van der Waals surface area contributed by atoms with Gasteiger partial charge in [0.15, 0.2) is 23.9 Å². The van der Waals surface area contributed by atoms with Crippen molar-refractivity contribution in [1.29, 1.82) is 0 Å². The van der Waals surface area contributed by atoms with Gasteiger partial charge >= 0.3 is 5.97 Å². The highest BCUT2D eigenvalue weighted by Gasteiger charge is 2.21. The third-order valence-electron chi connectivity index (χ3n) is 2.77. The number of aliphatic carboxylic acids is 1. The quantitative estimate of drug-likeness (QED) is 0.584. The first kappa shape index (κ1) is 18.4. The number of halogens is 1. The van der Waals surface area contributed by atoms with E-state index >= 15 is 0 Å². The molecule has 9 heteroatoms. The Balaban J connectivity index is 2.97. The minimum absolute atomic E-state index is 0.0323. The van der Waals surface area contributed by atoms with Gasteiger partial charge in [-0.3, -0.25) is 4.57 Å². The van der Waals surface area contributed by atoms with Gasteiger partial charge < -0.3 is 25.2 Å². The third-order valence-corrected chi connectivity index (χ3v) is 4.64. The second-order valence-corrected chi connectivity index (χ2v) is 7.12. The third kappa shape index (κ3) is 5.63. The highest BCUT2D eigenvalue weighted by atomic mass is 31.2. The normalized spacial score (nSPS) is 13.5. The summed E-state index contributed by atoms with van der Waals surface area (Å²) in [5, 5.41) is 8.55. The molecule has 0 bridgehead atoms. The molecule has 0 aromatic heterocycles. The van der Waals surface area contributed by atoms with Crippen LogP contribution in [-0.4, -0.2) is 42.4 Å². The predicted molar refractivity (Wildman–Crippen MR) is 78.2 cm³/mol. The fraction of sp³-hybridized carbons (Fsp3) is 0.462. The van der Waals surface area contributed by atoms with Crippen LogP contribution in [0.5, 0.6) is 11.5 Å². The number of carbonyl (C=O) groups is 1. The lowest BCUT2D eigenvalue weighted by molar-refractivity contribution is -0.139. The average Bonchev–Trinajstić information content (AvgIpc) is 2.42. The van der Waals surface area contributed by atoms with Crippen LogP contribution < -0.4 is 15.2 Å². The molecule has 7 nitrogen and oxygen atoms in total. The maximum absolute atomic E-state index is 14.0. The summed E-state index contributed by atoms with van der Waals surface area (Å²) in [6.45, 7) is -0.425. The average molecular weight is 335 g/mol. The van der Waals surface area contributed by atoms with E-state index in [4.69, 9.17) is 20.3 Å². The van der Waals surface area contributed by atoms with Crippen molar-refractivity contribution in [3.8, 4) is 11.5 Å². The fourth-order valence-corrected chi connectivity index (χ4v) is 3.43. The van der Waals surface area contributed by atoms with Crippen LogP contribution >= 0.6 is 7.37 Å². The number of ether oxygens (including phenoxy) is 2. The van der Waals surface area contributed by atoms with Gasteiger partial charge in [0, 0.05) is 12.3 Å². The summed E-state index contributed by atoms with van der Waals surface area (Å²) >= 11 is 0. The lowest BCUT2D eigenvalue weighted by Crippen LogP contribution is -2.11. The zero-order valence-corrected chi connectivity index (χ0v) is 13.0. The largest absolute Gasteiger partial charge is 0.493 e. The van der Waals surface area contributed by atoms with Gasteiger partial charge in [0.2, 0.25) is 7.37 Å². The summed E-state index contributed by atoms with van der Waals surface area (Å²) in [4.78, 5) is 20.3. The van der Waals surface area contributed by atoms with E-state index in [0.29, 0.717) is 13.0 Å². The van der Waals surface area contributed by atoms with E-state index in [2.05, 4.69) is 0 Å². The number of nitrogens with two attached hydrogens (primary N) is 1. The van der Waals surface area contributed by atoms with E-state index in [1.165, 1.54) is 13.2 Å². The molecule has 0 aliphatic rings. The number of hydrogen-bond donors (Lipinski definition) is 3. The molecule has 0 radical (unpaired) electrons. The molecule has 0 saturated carbocycles. The Hall–Kier alpha value is -1.63. The molecule has 1 aromatic rings. The van der Waals surface area contributed by atoms with Crippen LogP contribution in [0.2, 0.25) is 0 Å². The van der Waals surface area contributed by atoms with Crippen molar-refractivity contribution in [2.75, 3.05) is 26.4 Å². The number of rotatable bonds is 9. The summed E-state index contributed by atoms with van der Waals surface area (Å²) < 4.78 is 35.7. The first-order chi connectivity index (χ1) is 10.3. The van der Waals surface area contributed by atoms with Crippen molar-refractivity contribution < 1.29 is 33.2 Å². The molecule has 124 valence electrons. The van der Waals surface area contributed by atoms with Crippen molar-refractivity contribution in [3.63, 3.8) is 0 Å². The number of carboxylic acids is 1. The van der Waals surface area contributed by atoms with Crippen LogP contribution in [0.4, 0.5) is 4.39 Å². The number of benzene rings is 1. The van der Waals surface area contributed by atoms with E-state index in [1.54, 1.807) is 0 Å². The second-order valence-electron chi connectivity index (χ2n) is 4.66. The van der Waals surface area contributed by atoms with E-state index in [1.807, 2.05) is 0 Å². The lowest BCUT2D eigenvalue weighted by Gasteiger charge is -2.15. The van der Waals surface area contributed by atoms with Crippen molar-refractivity contribution in [1.82, 2.24) is 0 Å². The van der Waals surface area contributed by atoms with Crippen LogP contribution in [0.15, 0.2) is 12.1 Å². The zero-order valence-electron chi connectivity index (χ0n) is 12.1. The van der Waals surface area contributed by atoms with Crippen molar-refractivity contribution in [3.05, 3.63) is 23.5 Å². The Kier molecular flexibility index (Phi) is 6.80. The van der Waals surface area contributed by atoms with Gasteiger partial charge in [-0.15, -0.1) is 0 Å². The molecular formula is C13H19FNO6P. The van der Waals surface area contributed by atoms with E-state index in [9.17, 15) is 18.6 Å². The Morgan fingerprint density at radius 1 is 1.45 bits per heavy atom. The Bertz CT molecular complexity index is 580. The summed E-state index contributed by atoms with van der Waals surface area (Å²) in [5.74, 6) is -2.49. The first-order valence-electron chi connectivity index (χ1n) is 6.51. The topological polar surface area (TPSA) is 119 Å². The van der Waals surface area contributed by atoms with E-state index < -0.39 is 25.8 Å². The molecular weight excluding hydrogens is 316 g/mol. The molecule has 0 saturated heterocycles. The Labute approximate surface area is 127 Å². The molecule has 22 heavy (non-hydrogen) atoms. The van der Waals surface area contributed by atoms with Crippen LogP contribution in [0.3, 0.4) is 0 Å². The molecule has 0 heterocycles. The second kappa shape index (κ2) is 8.12. The molecule has 1 rings (SSSR count). The zero-order chi connectivity index (χ0) is 16.8. The first-order valence-corrected chi connectivity index (χ1v) is 8.54. The molecule has 1 unspecified atom stereocenters. The molecule has 0 fully saturated rings. The van der Waals surface area contributed by atoms with Gasteiger partial charge in [-0.2, -0.15) is 0 Å². The fourth-order valence-electron chi connectivity index (χ4n) is 1.84. The number of carboxylic acid groups (broad SMARTS) is 1. The SMILES string of the molecule is COc1cc(CP(=O)(O)CCCN)cc(F)c1OCC(=O)O. The highest BCUT2D eigenvalue weighted by Crippen LogP contribution is 2.46. The Morgan fingerprint density at radius 2 is 2.14 bits per heavy atom. The van der Waals surface area contributed by atoms with Crippen molar-refractivity contribution in [2.24, 2.45) is 5.73 Å². The summed E-state index contributed by atoms with van der Waals surface area (Å²) in [6, 6.07) is 2.39. The molecule has 0 aliphatic carbocycles. The van der Waals surface area contributed by atoms with Crippen LogP contribution in [0.1, 0.15) is 12.0 Å². The minimum atomic E-state index is -3.46. The van der Waals surface area contributed by atoms with Gasteiger partial charge in [0.1, 0.15) is 0 Å².